The number of rotatable bonds is 3. The van der Waals surface area contributed by atoms with Gasteiger partial charge in [-0.25, -0.2) is 0 Å². The third kappa shape index (κ3) is 5.73. The van der Waals surface area contributed by atoms with Crippen LogP contribution in [0.1, 0.15) is 20.7 Å². The van der Waals surface area contributed by atoms with Gasteiger partial charge in [0.1, 0.15) is 0 Å². The zero-order valence-corrected chi connectivity index (χ0v) is 8.54. The Labute approximate surface area is 96.4 Å². The Balaban J connectivity index is 0.000000437. The maximum absolute atomic E-state index is 10.2. The van der Waals surface area contributed by atoms with Crippen molar-refractivity contribution in [2.75, 3.05) is 0 Å². The second kappa shape index (κ2) is 6.78. The Morgan fingerprint density at radius 3 is 1.24 bits per heavy atom. The lowest BCUT2D eigenvalue weighted by Gasteiger charge is -2.04. The van der Waals surface area contributed by atoms with Crippen LogP contribution in [0.3, 0.4) is 0 Å². The van der Waals surface area contributed by atoms with Crippen molar-refractivity contribution in [3.8, 4) is 0 Å². The monoisotopic (exact) mass is 235 g/mol. The van der Waals surface area contributed by atoms with Crippen LogP contribution < -0.4 is 15.3 Å². The van der Waals surface area contributed by atoms with Crippen molar-refractivity contribution in [2.45, 2.75) is 0 Å². The highest BCUT2D eigenvalue weighted by Gasteiger charge is 1.94. The number of aromatic carboxylic acids is 2. The molecule has 1 aromatic carbocycles. The van der Waals surface area contributed by atoms with Crippen LogP contribution in [0.25, 0.3) is 0 Å². The molecule has 0 saturated heterocycles. The summed E-state index contributed by atoms with van der Waals surface area (Å²) in [6.07, 6.45) is 0.722. The molecule has 0 fully saturated rings. The van der Waals surface area contributed by atoms with E-state index in [9.17, 15) is 19.8 Å². The van der Waals surface area contributed by atoms with E-state index in [-0.39, 0.29) is 11.1 Å². The van der Waals surface area contributed by atoms with E-state index in [2.05, 4.69) is 6.58 Å². The first-order valence-electron chi connectivity index (χ1n) is 4.24. The minimum absolute atomic E-state index is 0.0556. The molecule has 0 aromatic heterocycles. The van der Waals surface area contributed by atoms with Gasteiger partial charge in [0.15, 0.2) is 0 Å². The highest BCUT2D eigenvalue weighted by Crippen LogP contribution is 2.01. The summed E-state index contributed by atoms with van der Waals surface area (Å²) in [6.45, 7) is 2.90. The van der Waals surface area contributed by atoms with Gasteiger partial charge in [0.2, 0.25) is 0 Å². The summed E-state index contributed by atoms with van der Waals surface area (Å²) in [5.41, 5.74) is -0.111. The van der Waals surface area contributed by atoms with Crippen LogP contribution in [-0.2, 0) is 4.79 Å². The summed E-state index contributed by atoms with van der Waals surface area (Å²) in [5, 5.41) is 29.6. The van der Waals surface area contributed by atoms with E-state index in [1.807, 2.05) is 0 Å². The molecule has 0 N–H and O–H groups in total. The van der Waals surface area contributed by atoms with Crippen molar-refractivity contribution in [3.05, 3.63) is 48.0 Å². The van der Waals surface area contributed by atoms with Gasteiger partial charge >= 0.3 is 0 Å². The molecule has 0 radical (unpaired) electrons. The molecule has 0 amide bonds. The lowest BCUT2D eigenvalue weighted by Crippen LogP contribution is -2.24. The number of carboxylic acids is 3. The number of carbonyl (C=O) groups is 3. The SMILES string of the molecule is C=CC(=O)[O-].O=C([O-])c1ccc(C(=O)[O-])cc1. The number of carboxylic acid groups (broad SMARTS) is 3. The Morgan fingerprint density at radius 1 is 0.882 bits per heavy atom. The Bertz CT molecular complexity index is 399. The largest absolute Gasteiger partial charge is 0.545 e. The van der Waals surface area contributed by atoms with Crippen molar-refractivity contribution in [2.24, 2.45) is 0 Å². The first-order valence-corrected chi connectivity index (χ1v) is 4.24. The normalized spacial score (nSPS) is 8.47. The van der Waals surface area contributed by atoms with Gasteiger partial charge in [-0.15, -0.1) is 0 Å². The van der Waals surface area contributed by atoms with E-state index in [1.165, 1.54) is 0 Å². The van der Waals surface area contributed by atoms with Crippen LogP contribution in [0, 0.1) is 0 Å². The molecule has 0 aliphatic carbocycles. The van der Waals surface area contributed by atoms with Crippen LogP contribution in [0.2, 0.25) is 0 Å². The van der Waals surface area contributed by atoms with Crippen molar-refractivity contribution in [1.82, 2.24) is 0 Å². The van der Waals surface area contributed by atoms with E-state index in [0.29, 0.717) is 0 Å². The fraction of sp³-hybridized carbons (Fsp3) is 0. The summed E-state index contributed by atoms with van der Waals surface area (Å²) in [7, 11) is 0. The maximum Gasteiger partial charge on any atom is 0.0715 e. The van der Waals surface area contributed by atoms with Gasteiger partial charge in [-0.3, -0.25) is 0 Å². The molecular formula is C11H7O6-3. The average molecular weight is 235 g/mol. The first-order chi connectivity index (χ1) is 7.88. The van der Waals surface area contributed by atoms with E-state index in [0.717, 1.165) is 30.3 Å². The fourth-order valence-corrected chi connectivity index (χ4v) is 0.742. The minimum atomic E-state index is -1.33. The van der Waals surface area contributed by atoms with Crippen LogP contribution >= 0.6 is 0 Å². The molecule has 0 aliphatic heterocycles. The maximum atomic E-state index is 10.2. The standard InChI is InChI=1S/C8H6O4.C3H4O2/c9-7(10)5-1-2-6(4-3-5)8(11)12;1-2-3(4)5/h1-4H,(H,9,10)(H,11,12);2H,1H2,(H,4,5)/p-3. The summed E-state index contributed by atoms with van der Waals surface area (Å²) in [6, 6.07) is 4.61. The van der Waals surface area contributed by atoms with Crippen molar-refractivity contribution >= 4 is 17.9 Å². The number of aliphatic carboxylic acids is 1. The summed E-state index contributed by atoms with van der Waals surface area (Å²) >= 11 is 0. The summed E-state index contributed by atoms with van der Waals surface area (Å²) in [4.78, 5) is 29.6. The van der Waals surface area contributed by atoms with Gasteiger partial charge in [-0.05, 0) is 17.2 Å². The second-order valence-electron chi connectivity index (χ2n) is 2.68. The van der Waals surface area contributed by atoms with Crippen LogP contribution in [-0.4, -0.2) is 17.9 Å². The number of hydrogen-bond donors (Lipinski definition) is 0. The molecule has 0 aliphatic rings. The summed E-state index contributed by atoms with van der Waals surface area (Å²) in [5.74, 6) is -3.90. The van der Waals surface area contributed by atoms with E-state index >= 15 is 0 Å². The highest BCUT2D eigenvalue weighted by atomic mass is 16.4. The predicted octanol–water partition coefficient (Wildman–Crippen LogP) is -2.66. The molecule has 90 valence electrons. The van der Waals surface area contributed by atoms with E-state index in [4.69, 9.17) is 9.90 Å². The fourth-order valence-electron chi connectivity index (χ4n) is 0.742. The molecule has 1 rings (SSSR count). The molecule has 0 unspecified atom stereocenters. The Hall–Kier alpha value is -2.63. The Kier molecular flexibility index (Phi) is 5.73. The quantitative estimate of drug-likeness (QED) is 0.527. The predicted molar refractivity (Wildman–Crippen MR) is 50.3 cm³/mol. The van der Waals surface area contributed by atoms with Gasteiger partial charge in [0.25, 0.3) is 0 Å². The third-order valence-electron chi connectivity index (χ3n) is 1.52. The minimum Gasteiger partial charge on any atom is -0.545 e. The van der Waals surface area contributed by atoms with Crippen LogP contribution in [0.4, 0.5) is 0 Å². The molecule has 17 heavy (non-hydrogen) atoms. The molecule has 6 nitrogen and oxygen atoms in total. The molecule has 0 heterocycles. The lowest BCUT2D eigenvalue weighted by molar-refractivity contribution is -0.297. The van der Waals surface area contributed by atoms with Crippen LogP contribution in [0.5, 0.6) is 0 Å². The first kappa shape index (κ1) is 14.4. The lowest BCUT2D eigenvalue weighted by atomic mass is 10.1. The van der Waals surface area contributed by atoms with Crippen molar-refractivity contribution < 1.29 is 29.7 Å². The molecule has 0 saturated carbocycles. The van der Waals surface area contributed by atoms with Gasteiger partial charge in [-0.2, -0.15) is 0 Å². The molecule has 1 aromatic rings. The zero-order valence-electron chi connectivity index (χ0n) is 8.54. The topological polar surface area (TPSA) is 120 Å². The van der Waals surface area contributed by atoms with Crippen LogP contribution in [0.15, 0.2) is 36.9 Å². The number of benzene rings is 1. The van der Waals surface area contributed by atoms with Gasteiger partial charge < -0.3 is 29.7 Å². The van der Waals surface area contributed by atoms with E-state index < -0.39 is 17.9 Å². The Morgan fingerprint density at radius 2 is 1.12 bits per heavy atom. The van der Waals surface area contributed by atoms with Gasteiger partial charge in [-0.1, -0.05) is 30.8 Å². The van der Waals surface area contributed by atoms with Crippen molar-refractivity contribution in [3.63, 3.8) is 0 Å². The summed E-state index contributed by atoms with van der Waals surface area (Å²) < 4.78 is 0. The smallest absolute Gasteiger partial charge is 0.0715 e. The van der Waals surface area contributed by atoms with Crippen molar-refractivity contribution in [1.29, 1.82) is 0 Å². The zero-order chi connectivity index (χ0) is 13.4. The third-order valence-corrected chi connectivity index (χ3v) is 1.52. The molecular weight excluding hydrogens is 228 g/mol. The van der Waals surface area contributed by atoms with Gasteiger partial charge in [0.05, 0.1) is 17.9 Å². The second-order valence-corrected chi connectivity index (χ2v) is 2.68. The molecule has 6 heteroatoms. The van der Waals surface area contributed by atoms with Gasteiger partial charge in [0, 0.05) is 0 Å². The number of hydrogen-bond acceptors (Lipinski definition) is 6. The number of carbonyl (C=O) groups excluding carboxylic acids is 3. The molecule has 0 bridgehead atoms. The molecule has 0 spiro atoms. The highest BCUT2D eigenvalue weighted by molar-refractivity contribution is 5.89. The molecule has 0 atom stereocenters. The average Bonchev–Trinajstić information content (AvgIpc) is 2.29. The van der Waals surface area contributed by atoms with E-state index in [1.54, 1.807) is 0 Å².